The highest BCUT2D eigenvalue weighted by molar-refractivity contribution is 5.95. The summed E-state index contributed by atoms with van der Waals surface area (Å²) in [5, 5.41) is 23.3. The molecule has 1 aliphatic rings. The molecule has 2 heterocycles. The van der Waals surface area contributed by atoms with E-state index in [-0.39, 0.29) is 11.3 Å². The van der Waals surface area contributed by atoms with E-state index in [9.17, 15) is 14.7 Å². The number of nitrogens with zero attached hydrogens (tertiary/aromatic N) is 5. The maximum absolute atomic E-state index is 12.2. The molecule has 4 rings (SSSR count). The van der Waals surface area contributed by atoms with Gasteiger partial charge in [0.2, 0.25) is 11.9 Å². The van der Waals surface area contributed by atoms with E-state index in [2.05, 4.69) is 25.6 Å². The summed E-state index contributed by atoms with van der Waals surface area (Å²) in [5.74, 6) is -1.86. The first-order chi connectivity index (χ1) is 14.5. The van der Waals surface area contributed by atoms with Crippen molar-refractivity contribution in [3.05, 3.63) is 77.8 Å². The third-order valence-electron chi connectivity index (χ3n) is 4.13. The first kappa shape index (κ1) is 19.0. The second-order valence-corrected chi connectivity index (χ2v) is 6.20. The maximum Gasteiger partial charge on any atom is 0.378 e. The van der Waals surface area contributed by atoms with Gasteiger partial charge in [-0.1, -0.05) is 23.3 Å². The Bertz CT molecular complexity index is 1150. The molecular formula is C19H14N6O5. The molecule has 2 aromatic carbocycles. The number of carbonyl (C=O) groups excluding carboxylic acids is 2. The molecule has 0 saturated carbocycles. The molecule has 1 amide bonds. The van der Waals surface area contributed by atoms with Crippen LogP contribution in [0.5, 0.6) is 5.95 Å². The van der Waals surface area contributed by atoms with E-state index in [1.165, 1.54) is 21.8 Å². The number of nitrogens with one attached hydrogen (secondary N) is 1. The zero-order valence-electron chi connectivity index (χ0n) is 15.6. The Morgan fingerprint density at radius 2 is 1.93 bits per heavy atom. The zero-order chi connectivity index (χ0) is 21.1. The molecule has 1 saturated heterocycles. The fraction of sp³-hybridized carbons (Fsp3) is 0.0526. The lowest BCUT2D eigenvalue weighted by molar-refractivity contribution is -0.670. The Kier molecular flexibility index (Phi) is 5.01. The summed E-state index contributed by atoms with van der Waals surface area (Å²) in [4.78, 5) is 28.9. The molecule has 30 heavy (non-hydrogen) atoms. The number of hydrogen-bond donors (Lipinski definition) is 1. The van der Waals surface area contributed by atoms with Crippen LogP contribution >= 0.6 is 0 Å². The Morgan fingerprint density at radius 3 is 2.60 bits per heavy atom. The minimum Gasteiger partial charge on any atom is -0.539 e. The Morgan fingerprint density at radius 1 is 1.20 bits per heavy atom. The van der Waals surface area contributed by atoms with Crippen LogP contribution in [0.1, 0.15) is 15.9 Å². The van der Waals surface area contributed by atoms with Gasteiger partial charge in [0.1, 0.15) is 5.95 Å². The van der Waals surface area contributed by atoms with Gasteiger partial charge in [-0.25, -0.2) is 9.80 Å². The molecule has 150 valence electrons. The molecule has 11 heteroatoms. The van der Waals surface area contributed by atoms with E-state index in [1.807, 2.05) is 19.1 Å². The molecule has 0 spiro atoms. The molecule has 0 unspecified atom stereocenters. The predicted molar refractivity (Wildman–Crippen MR) is 97.6 cm³/mol. The summed E-state index contributed by atoms with van der Waals surface area (Å²) in [6.45, 7) is 1.94. The number of aromatic nitrogens is 2. The van der Waals surface area contributed by atoms with Crippen molar-refractivity contribution in [2.75, 3.05) is 5.01 Å². The number of azo groups is 1. The van der Waals surface area contributed by atoms with Gasteiger partial charge < -0.3 is 14.5 Å². The van der Waals surface area contributed by atoms with E-state index in [4.69, 9.17) is 4.84 Å². The lowest BCUT2D eigenvalue weighted by Crippen LogP contribution is -2.31. The fourth-order valence-corrected chi connectivity index (χ4v) is 2.58. The van der Waals surface area contributed by atoms with Gasteiger partial charge in [-0.3, -0.25) is 4.79 Å². The normalized spacial score (nSPS) is 15.2. The molecule has 0 bridgehead atoms. The number of aryl methyl sites for hydroxylation is 1. The highest BCUT2D eigenvalue weighted by Gasteiger charge is 2.29. The van der Waals surface area contributed by atoms with Gasteiger partial charge in [-0.2, -0.15) is 5.11 Å². The van der Waals surface area contributed by atoms with E-state index in [0.29, 0.717) is 11.4 Å². The number of rotatable bonds is 4. The first-order valence-corrected chi connectivity index (χ1v) is 8.66. The Hall–Kier alpha value is -4.38. The van der Waals surface area contributed by atoms with Gasteiger partial charge in [-0.05, 0) is 35.9 Å². The summed E-state index contributed by atoms with van der Waals surface area (Å²) >= 11 is 0. The van der Waals surface area contributed by atoms with Crippen LogP contribution in [0.4, 0.5) is 5.69 Å². The van der Waals surface area contributed by atoms with Crippen LogP contribution in [-0.4, -0.2) is 17.1 Å². The minimum absolute atomic E-state index is 0.0709. The average molecular weight is 406 g/mol. The summed E-state index contributed by atoms with van der Waals surface area (Å²) in [5.41, 5.74) is 5.05. The van der Waals surface area contributed by atoms with Crippen molar-refractivity contribution in [2.45, 2.75) is 6.92 Å². The van der Waals surface area contributed by atoms with Crippen molar-refractivity contribution in [3.63, 3.8) is 0 Å². The van der Waals surface area contributed by atoms with E-state index < -0.39 is 17.8 Å². The maximum atomic E-state index is 12.2. The van der Waals surface area contributed by atoms with Gasteiger partial charge in [0.15, 0.2) is 5.70 Å². The number of amides is 1. The molecular weight excluding hydrogens is 392 g/mol. The molecule has 1 fully saturated rings. The van der Waals surface area contributed by atoms with Crippen LogP contribution in [0.15, 0.2) is 81.4 Å². The monoisotopic (exact) mass is 406 g/mol. The van der Waals surface area contributed by atoms with Crippen LogP contribution in [0.25, 0.3) is 5.69 Å². The number of hydrazine groups is 1. The number of anilines is 1. The molecule has 11 nitrogen and oxygen atoms in total. The van der Waals surface area contributed by atoms with Crippen LogP contribution in [-0.2, 0) is 9.63 Å². The fourth-order valence-electron chi connectivity index (χ4n) is 2.58. The molecule has 3 aromatic rings. The number of carbonyl (C=O) groups is 2. The van der Waals surface area contributed by atoms with Crippen LogP contribution in [0.3, 0.4) is 0 Å². The van der Waals surface area contributed by atoms with Gasteiger partial charge >= 0.3 is 5.97 Å². The second kappa shape index (κ2) is 7.93. The third-order valence-corrected chi connectivity index (χ3v) is 4.13. The second-order valence-electron chi connectivity index (χ2n) is 6.20. The van der Waals surface area contributed by atoms with E-state index >= 15 is 0 Å². The number of benzene rings is 2. The van der Waals surface area contributed by atoms with Crippen LogP contribution in [0, 0.1) is 6.92 Å². The van der Waals surface area contributed by atoms with Gasteiger partial charge in [0.25, 0.3) is 5.91 Å². The summed E-state index contributed by atoms with van der Waals surface area (Å²) in [7, 11) is 0. The molecule has 1 aliphatic heterocycles. The van der Waals surface area contributed by atoms with Crippen molar-refractivity contribution >= 4 is 17.6 Å². The molecule has 0 aliphatic carbocycles. The van der Waals surface area contributed by atoms with Crippen LogP contribution < -0.4 is 20.4 Å². The molecule has 0 atom stereocenters. The van der Waals surface area contributed by atoms with E-state index in [0.717, 1.165) is 18.0 Å². The van der Waals surface area contributed by atoms with Gasteiger partial charge in [-0.15, -0.1) is 5.11 Å². The van der Waals surface area contributed by atoms with Crippen molar-refractivity contribution in [1.29, 1.82) is 0 Å². The Labute approximate surface area is 169 Å². The quantitative estimate of drug-likeness (QED) is 0.388. The van der Waals surface area contributed by atoms with Gasteiger partial charge in [0, 0.05) is 17.7 Å². The summed E-state index contributed by atoms with van der Waals surface area (Å²) < 4.78 is 5.69. The predicted octanol–water partition coefficient (Wildman–Crippen LogP) is 1.25. The highest BCUT2D eigenvalue weighted by Crippen LogP contribution is 2.22. The Balaban J connectivity index is 1.48. The molecule has 1 aromatic heterocycles. The number of hydrogen-bond acceptors (Lipinski definition) is 9. The summed E-state index contributed by atoms with van der Waals surface area (Å²) in [6, 6.07) is 13.5. The zero-order valence-corrected chi connectivity index (χ0v) is 15.6. The molecule has 0 radical (unpaired) electrons. The topological polar surface area (TPSA) is 136 Å². The largest absolute Gasteiger partial charge is 0.539 e. The van der Waals surface area contributed by atoms with Crippen molar-refractivity contribution in [2.24, 2.45) is 10.2 Å². The molecule has 1 N–H and O–H groups in total. The highest BCUT2D eigenvalue weighted by atomic mass is 16.7. The first-order valence-electron chi connectivity index (χ1n) is 8.66. The summed E-state index contributed by atoms with van der Waals surface area (Å²) in [6.07, 6.45) is 2.30. The minimum atomic E-state index is -0.659. The third kappa shape index (κ3) is 3.91. The standard InChI is InChI=1S/C19H14N6O5/c1-12-2-6-15(7-3-12)25-16(19(28)30-23-25)10-20-21-18(27)13-4-8-14(9-5-13)24-11-17(26)29-22-24/h2-11,23H,1H3/b16-10+,21-20?. The lowest BCUT2D eigenvalue weighted by atomic mass is 10.2. The average Bonchev–Trinajstić information content (AvgIpc) is 3.35. The SMILES string of the molecule is Cc1ccc(N2NOC(=O)/C2=C\N=NC(=O)c2ccc(-[n+]3cc([O-])on3)cc2)cc1. The van der Waals surface area contributed by atoms with Gasteiger partial charge in [0.05, 0.1) is 17.2 Å². The smallest absolute Gasteiger partial charge is 0.378 e. The lowest BCUT2D eigenvalue weighted by Gasteiger charge is -2.14. The van der Waals surface area contributed by atoms with E-state index in [1.54, 1.807) is 24.3 Å². The van der Waals surface area contributed by atoms with Crippen molar-refractivity contribution < 1.29 is 28.7 Å². The van der Waals surface area contributed by atoms with Crippen molar-refractivity contribution in [3.8, 4) is 11.6 Å². The van der Waals surface area contributed by atoms with Crippen molar-refractivity contribution in [1.82, 2.24) is 10.9 Å². The van der Waals surface area contributed by atoms with Crippen LogP contribution in [0.2, 0.25) is 0 Å².